The Hall–Kier alpha value is -0.0800. The number of piperidine rings is 1. The van der Waals surface area contributed by atoms with Crippen LogP contribution in [0.3, 0.4) is 0 Å². The maximum absolute atomic E-state index is 3.37. The summed E-state index contributed by atoms with van der Waals surface area (Å²) >= 11 is 0. The van der Waals surface area contributed by atoms with Crippen LogP contribution in [0.4, 0.5) is 0 Å². The lowest BCUT2D eigenvalue weighted by atomic mass is 9.93. The zero-order chi connectivity index (χ0) is 13.5. The van der Waals surface area contributed by atoms with Crippen LogP contribution in [0.1, 0.15) is 64.7 Å². The van der Waals surface area contributed by atoms with Crippen molar-refractivity contribution < 1.29 is 0 Å². The highest BCUT2D eigenvalue weighted by atomic mass is 15.2. The van der Waals surface area contributed by atoms with Crippen molar-refractivity contribution in [2.45, 2.75) is 70.8 Å². The summed E-state index contributed by atoms with van der Waals surface area (Å²) < 4.78 is 0. The number of nitrogens with one attached hydrogen (secondary N) is 1. The summed E-state index contributed by atoms with van der Waals surface area (Å²) in [5, 5.41) is 3.37. The molecule has 0 aromatic carbocycles. The van der Waals surface area contributed by atoms with Crippen molar-refractivity contribution in [2.75, 3.05) is 26.7 Å². The van der Waals surface area contributed by atoms with Crippen LogP contribution in [0.5, 0.6) is 0 Å². The fraction of sp³-hybridized carbons (Fsp3) is 1.00. The topological polar surface area (TPSA) is 15.3 Å². The van der Waals surface area contributed by atoms with Gasteiger partial charge < -0.3 is 10.2 Å². The third kappa shape index (κ3) is 4.75. The van der Waals surface area contributed by atoms with Crippen molar-refractivity contribution in [2.24, 2.45) is 11.8 Å². The highest BCUT2D eigenvalue weighted by Crippen LogP contribution is 2.31. The van der Waals surface area contributed by atoms with Gasteiger partial charge in [-0.1, -0.05) is 32.6 Å². The molecule has 2 rings (SSSR count). The van der Waals surface area contributed by atoms with E-state index < -0.39 is 0 Å². The number of hydrogen-bond acceptors (Lipinski definition) is 2. The van der Waals surface area contributed by atoms with E-state index in [1.165, 1.54) is 77.4 Å². The molecule has 112 valence electrons. The smallest absolute Gasteiger partial charge is 0.00954 e. The largest absolute Gasteiger partial charge is 0.319 e. The normalized spacial score (nSPS) is 34.1. The summed E-state index contributed by atoms with van der Waals surface area (Å²) in [7, 11) is 2.10. The van der Waals surface area contributed by atoms with E-state index in [1.54, 1.807) is 0 Å². The first-order valence-electron chi connectivity index (χ1n) is 8.72. The number of rotatable bonds is 5. The van der Waals surface area contributed by atoms with Gasteiger partial charge in [0.1, 0.15) is 0 Å². The maximum atomic E-state index is 3.37. The lowest BCUT2D eigenvalue weighted by Gasteiger charge is -2.38. The molecule has 2 aliphatic rings. The fourth-order valence-corrected chi connectivity index (χ4v) is 4.31. The molecule has 0 spiro atoms. The molecular weight excluding hydrogens is 232 g/mol. The summed E-state index contributed by atoms with van der Waals surface area (Å²) in [5.41, 5.74) is 0. The first-order valence-corrected chi connectivity index (χ1v) is 8.72. The van der Waals surface area contributed by atoms with E-state index in [0.29, 0.717) is 0 Å². The van der Waals surface area contributed by atoms with Crippen LogP contribution in [-0.4, -0.2) is 37.6 Å². The summed E-state index contributed by atoms with van der Waals surface area (Å²) in [4.78, 5) is 2.83. The molecule has 1 heterocycles. The zero-order valence-electron chi connectivity index (χ0n) is 13.2. The monoisotopic (exact) mass is 266 g/mol. The molecule has 0 bridgehead atoms. The average molecular weight is 266 g/mol. The van der Waals surface area contributed by atoms with Gasteiger partial charge in [0.05, 0.1) is 0 Å². The molecule has 1 N–H and O–H groups in total. The van der Waals surface area contributed by atoms with E-state index in [-0.39, 0.29) is 0 Å². The van der Waals surface area contributed by atoms with Crippen LogP contribution in [0.25, 0.3) is 0 Å². The molecule has 3 unspecified atom stereocenters. The number of hydrogen-bond donors (Lipinski definition) is 1. The molecule has 3 atom stereocenters. The molecule has 2 heteroatoms. The molecule has 0 aromatic heterocycles. The first-order chi connectivity index (χ1) is 9.33. The Kier molecular flexibility index (Phi) is 6.66. The van der Waals surface area contributed by atoms with Gasteiger partial charge in [-0.05, 0) is 64.1 Å². The van der Waals surface area contributed by atoms with Crippen LogP contribution < -0.4 is 5.32 Å². The Balaban J connectivity index is 1.80. The Morgan fingerprint density at radius 3 is 2.63 bits per heavy atom. The maximum Gasteiger partial charge on any atom is 0.00954 e. The Morgan fingerprint density at radius 1 is 1.00 bits per heavy atom. The van der Waals surface area contributed by atoms with Gasteiger partial charge in [-0.2, -0.15) is 0 Å². The molecule has 1 saturated carbocycles. The molecule has 0 amide bonds. The van der Waals surface area contributed by atoms with Gasteiger partial charge in [-0.15, -0.1) is 0 Å². The second-order valence-corrected chi connectivity index (χ2v) is 6.88. The number of nitrogens with zero attached hydrogens (tertiary/aromatic N) is 1. The Bertz CT molecular complexity index is 239. The zero-order valence-corrected chi connectivity index (χ0v) is 13.2. The van der Waals surface area contributed by atoms with E-state index in [9.17, 15) is 0 Å². The van der Waals surface area contributed by atoms with Crippen LogP contribution in [-0.2, 0) is 0 Å². The lowest BCUT2D eigenvalue weighted by Crippen LogP contribution is -2.44. The molecule has 19 heavy (non-hydrogen) atoms. The van der Waals surface area contributed by atoms with E-state index in [0.717, 1.165) is 17.9 Å². The van der Waals surface area contributed by atoms with Gasteiger partial charge >= 0.3 is 0 Å². The van der Waals surface area contributed by atoms with Crippen LogP contribution >= 0.6 is 0 Å². The first kappa shape index (κ1) is 15.3. The van der Waals surface area contributed by atoms with Crippen molar-refractivity contribution >= 4 is 0 Å². The predicted molar refractivity (Wildman–Crippen MR) is 83.5 cm³/mol. The Morgan fingerprint density at radius 2 is 1.84 bits per heavy atom. The van der Waals surface area contributed by atoms with Gasteiger partial charge in [0.15, 0.2) is 0 Å². The fourth-order valence-electron chi connectivity index (χ4n) is 4.31. The van der Waals surface area contributed by atoms with E-state index >= 15 is 0 Å². The van der Waals surface area contributed by atoms with Gasteiger partial charge in [-0.3, -0.25) is 0 Å². The third-order valence-corrected chi connectivity index (χ3v) is 5.31. The van der Waals surface area contributed by atoms with Gasteiger partial charge in [-0.25, -0.2) is 0 Å². The van der Waals surface area contributed by atoms with Crippen molar-refractivity contribution in [3.05, 3.63) is 0 Å². The second-order valence-electron chi connectivity index (χ2n) is 6.88. The minimum Gasteiger partial charge on any atom is -0.319 e. The summed E-state index contributed by atoms with van der Waals surface area (Å²) in [6.07, 6.45) is 13.1. The Labute approximate surface area is 120 Å². The van der Waals surface area contributed by atoms with Gasteiger partial charge in [0.2, 0.25) is 0 Å². The highest BCUT2D eigenvalue weighted by molar-refractivity contribution is 4.82. The molecular formula is C17H34N2. The minimum atomic E-state index is 0.897. The standard InChI is InChI=1S/C17H34N2/c1-3-6-15-7-4-9-17(11-10-15)19-12-5-8-16(14-19)13-18-2/h15-18H,3-14H2,1-2H3. The van der Waals surface area contributed by atoms with Crippen LogP contribution in [0.15, 0.2) is 0 Å². The van der Waals surface area contributed by atoms with Crippen molar-refractivity contribution in [1.82, 2.24) is 10.2 Å². The summed E-state index contributed by atoms with van der Waals surface area (Å²) in [5.74, 6) is 1.93. The van der Waals surface area contributed by atoms with Crippen molar-refractivity contribution in [1.29, 1.82) is 0 Å². The molecule has 0 radical (unpaired) electrons. The average Bonchev–Trinajstić information content (AvgIpc) is 2.66. The molecule has 2 nitrogen and oxygen atoms in total. The summed E-state index contributed by atoms with van der Waals surface area (Å²) in [6.45, 7) is 6.27. The predicted octanol–water partition coefficient (Wildman–Crippen LogP) is 3.67. The van der Waals surface area contributed by atoms with Gasteiger partial charge in [0, 0.05) is 12.6 Å². The van der Waals surface area contributed by atoms with E-state index in [2.05, 4.69) is 24.2 Å². The van der Waals surface area contributed by atoms with E-state index in [1.807, 2.05) is 0 Å². The lowest BCUT2D eigenvalue weighted by molar-refractivity contribution is 0.112. The molecule has 2 fully saturated rings. The molecule has 0 aromatic rings. The SMILES string of the molecule is CCCC1CCCC(N2CCCC(CNC)C2)CC1. The highest BCUT2D eigenvalue weighted by Gasteiger charge is 2.27. The summed E-state index contributed by atoms with van der Waals surface area (Å²) in [6, 6.07) is 0.904. The van der Waals surface area contributed by atoms with E-state index in [4.69, 9.17) is 0 Å². The van der Waals surface area contributed by atoms with Gasteiger partial charge in [0.25, 0.3) is 0 Å². The molecule has 1 aliphatic carbocycles. The third-order valence-electron chi connectivity index (χ3n) is 5.31. The number of likely N-dealkylation sites (tertiary alicyclic amines) is 1. The molecule has 1 saturated heterocycles. The second kappa shape index (κ2) is 8.26. The minimum absolute atomic E-state index is 0.897. The van der Waals surface area contributed by atoms with Crippen molar-refractivity contribution in [3.63, 3.8) is 0 Å². The quantitative estimate of drug-likeness (QED) is 0.764. The van der Waals surface area contributed by atoms with Crippen LogP contribution in [0, 0.1) is 11.8 Å². The molecule has 1 aliphatic heterocycles. The van der Waals surface area contributed by atoms with Crippen LogP contribution in [0.2, 0.25) is 0 Å². The van der Waals surface area contributed by atoms with Crippen molar-refractivity contribution in [3.8, 4) is 0 Å².